The van der Waals surface area contributed by atoms with Gasteiger partial charge in [-0.3, -0.25) is 37.2 Å². The van der Waals surface area contributed by atoms with Crippen molar-refractivity contribution in [3.63, 3.8) is 0 Å². The van der Waals surface area contributed by atoms with E-state index in [9.17, 15) is 0 Å². The Bertz CT molecular complexity index is 2610. The van der Waals surface area contributed by atoms with Crippen LogP contribution < -0.4 is 37.2 Å². The predicted molar refractivity (Wildman–Crippen MR) is 557 cm³/mol. The van der Waals surface area contributed by atoms with E-state index in [1.165, 1.54) is 354 Å². The van der Waals surface area contributed by atoms with Gasteiger partial charge in [0.2, 0.25) is 0 Å². The standard InChI is InChI=1S/C96H176Cl8N8S8/c1-9-17-25-33-41-49-57-113-81-71-72(82(114-58-50-42-34-26-18-10-2)86(118-62-54-46-38-30-22-14-6)85(81)117-61-53-45-37-29-21-13-5)92-107-91(71)106-89-66-65-67(97)75(98)76(99)68(66)90(105-89)110-95-69-70(78(101)80(103)79(102)77(69)100)96(112(95)104)111-94-74-73(93(108-92)109-94)83(115-59-51-43-35-27-19-11-3)87(119-63-55-47-39-31-23-15-7)88(120-64-56-48-40-32-24-16-8)84(74)116-60-52-44-36-28-20-12-4/h66-96,105-111H,9-65H2,1-8H3. The minimum Gasteiger partial charge on any atom is -0.286 e. The first kappa shape index (κ1) is 108. The van der Waals surface area contributed by atoms with Gasteiger partial charge >= 0.3 is 0 Å². The molecule has 8 bridgehead atoms. The highest BCUT2D eigenvalue weighted by Crippen LogP contribution is 2.60. The van der Waals surface area contributed by atoms with E-state index in [1.807, 2.05) is 0 Å². The summed E-state index contributed by atoms with van der Waals surface area (Å²) in [5, 5.41) is 33.1. The second-order valence-corrected chi connectivity index (χ2v) is 52.5. The van der Waals surface area contributed by atoms with Crippen molar-refractivity contribution < 1.29 is 0 Å². The van der Waals surface area contributed by atoms with E-state index >= 15 is 0 Å². The summed E-state index contributed by atoms with van der Waals surface area (Å²) in [7, 11) is 0. The summed E-state index contributed by atoms with van der Waals surface area (Å²) in [6.07, 6.45) is 62.8. The molecule has 120 heavy (non-hydrogen) atoms. The van der Waals surface area contributed by atoms with Gasteiger partial charge in [0.1, 0.15) is 0 Å². The SMILES string of the molecule is CCCCCCCCSC1C(SCCCCCCCC)C(SCCCCCCCC)C2C3NC(NC4NC(NC5C6C(Cl)C(Cl)C(Cl)C(Cl)C6C(NC6NC(N3)C3C(SCCCCCCCC)C(SCCCCCCCC)C(SCCCCCCCC)C(SCCCCCCCC)C63)N5Cl)C3C(Cl)C(Cl)C(Cl)CC43)C2C1SCCCCCCCC. The van der Waals surface area contributed by atoms with Gasteiger partial charge in [0.05, 0.1) is 87.0 Å². The number of hydrogen-bond donors (Lipinski definition) is 7. The fraction of sp³-hybridized carbons (Fsp3) is 1.00. The Morgan fingerprint density at radius 3 is 0.642 bits per heavy atom. The molecule has 24 heteroatoms. The molecule has 31 unspecified atom stereocenters. The van der Waals surface area contributed by atoms with Crippen molar-refractivity contribution in [2.45, 2.75) is 499 Å². The Kier molecular flexibility index (Phi) is 56.5. The lowest BCUT2D eigenvalue weighted by molar-refractivity contribution is 0.163. The third-order valence-corrected chi connectivity index (χ3v) is 47.0. The second-order valence-electron chi connectivity index (χ2n) is 38.2. The number of halogens is 8. The molecular formula is C96H176Cl8N8S8. The van der Waals surface area contributed by atoms with Gasteiger partial charge in [0.15, 0.2) is 0 Å². The molecule has 31 atom stereocenters. The van der Waals surface area contributed by atoms with Crippen LogP contribution in [-0.4, -0.2) is 179 Å². The summed E-state index contributed by atoms with van der Waals surface area (Å²) < 4.78 is 2.09. The summed E-state index contributed by atoms with van der Waals surface area (Å²) in [6.45, 7) is 19.0. The molecule has 4 saturated carbocycles. The fourth-order valence-corrected chi connectivity index (χ4v) is 40.6. The molecular weight excluding hydrogens is 1810 g/mol. The summed E-state index contributed by atoms with van der Waals surface area (Å²) in [6, 6.07) is 0. The molecule has 7 N–H and O–H groups in total. The maximum atomic E-state index is 8.48. The molecule has 9 aliphatic rings. The first-order chi connectivity index (χ1) is 58.7. The first-order valence-electron chi connectivity index (χ1n) is 50.9. The highest BCUT2D eigenvalue weighted by Gasteiger charge is 2.68. The van der Waals surface area contributed by atoms with Crippen molar-refractivity contribution in [2.24, 2.45) is 47.3 Å². The minimum atomic E-state index is -0.577. The van der Waals surface area contributed by atoms with E-state index in [-0.39, 0.29) is 72.0 Å². The number of alkyl halides is 7. The molecule has 704 valence electrons. The largest absolute Gasteiger partial charge is 0.286 e. The number of nitrogens with one attached hydrogen (secondary N) is 7. The van der Waals surface area contributed by atoms with Gasteiger partial charge in [-0.1, -0.05) is 312 Å². The van der Waals surface area contributed by atoms with Crippen LogP contribution in [0.15, 0.2) is 0 Å². The Morgan fingerprint density at radius 1 is 0.208 bits per heavy atom. The van der Waals surface area contributed by atoms with E-state index in [0.717, 1.165) is 6.42 Å². The molecule has 4 aliphatic carbocycles. The summed E-state index contributed by atoms with van der Waals surface area (Å²) in [4.78, 5) is 0. The van der Waals surface area contributed by atoms with Crippen LogP contribution in [0.3, 0.4) is 0 Å². The van der Waals surface area contributed by atoms with E-state index in [2.05, 4.69) is 170 Å². The van der Waals surface area contributed by atoms with Crippen LogP contribution in [0.2, 0.25) is 0 Å². The molecule has 0 spiro atoms. The van der Waals surface area contributed by atoms with Gasteiger partial charge in [0.25, 0.3) is 0 Å². The Morgan fingerprint density at radius 2 is 0.400 bits per heavy atom. The van der Waals surface area contributed by atoms with Crippen LogP contribution >= 0.6 is 187 Å². The van der Waals surface area contributed by atoms with E-state index in [0.29, 0.717) is 59.8 Å². The van der Waals surface area contributed by atoms with Gasteiger partial charge in [-0.05, 0) is 122 Å². The molecule has 0 radical (unpaired) electrons. The van der Waals surface area contributed by atoms with Gasteiger partial charge in [-0.2, -0.15) is 98.5 Å². The summed E-state index contributed by atoms with van der Waals surface area (Å²) in [5.41, 5.74) is 0. The highest BCUT2D eigenvalue weighted by molar-refractivity contribution is 8.08. The molecule has 8 nitrogen and oxygen atoms in total. The lowest BCUT2D eigenvalue weighted by Crippen LogP contribution is -2.62. The van der Waals surface area contributed by atoms with Crippen molar-refractivity contribution >= 4 is 187 Å². The fourth-order valence-electron chi connectivity index (χ4n) is 22.3. The zero-order valence-electron chi connectivity index (χ0n) is 76.4. The van der Waals surface area contributed by atoms with Crippen LogP contribution in [0.1, 0.15) is 370 Å². The Balaban J connectivity index is 1.27. The van der Waals surface area contributed by atoms with Gasteiger partial charge < -0.3 is 0 Å². The van der Waals surface area contributed by atoms with Crippen molar-refractivity contribution in [3.8, 4) is 0 Å². The van der Waals surface area contributed by atoms with Gasteiger partial charge in [0, 0.05) is 83.4 Å². The van der Waals surface area contributed by atoms with Crippen molar-refractivity contribution in [1.29, 1.82) is 0 Å². The zero-order valence-corrected chi connectivity index (χ0v) is 89.0. The summed E-state index contributed by atoms with van der Waals surface area (Å²) >= 11 is 82.4. The lowest BCUT2D eigenvalue weighted by atomic mass is 9.75. The normalized spacial score (nSPS) is 36.8. The van der Waals surface area contributed by atoms with E-state index in [4.69, 9.17) is 114 Å². The van der Waals surface area contributed by atoms with Gasteiger partial charge in [-0.25, -0.2) is 0 Å². The van der Waals surface area contributed by atoms with E-state index in [1.54, 1.807) is 0 Å². The Labute approximate surface area is 812 Å². The molecule has 5 heterocycles. The van der Waals surface area contributed by atoms with Crippen molar-refractivity contribution in [3.05, 3.63) is 0 Å². The quantitative estimate of drug-likeness (QED) is 0.0179. The van der Waals surface area contributed by atoms with Crippen LogP contribution in [0.25, 0.3) is 0 Å². The topological polar surface area (TPSA) is 87.4 Å². The molecule has 9 rings (SSSR count). The number of nitrogens with zero attached hydrogens (tertiary/aromatic N) is 1. The number of thioether (sulfide) groups is 8. The number of unbranched alkanes of at least 4 members (excludes halogenated alkanes) is 40. The summed E-state index contributed by atoms with van der Waals surface area (Å²) in [5.74, 6) is 10.5. The van der Waals surface area contributed by atoms with Crippen molar-refractivity contribution in [2.75, 3.05) is 46.0 Å². The number of hydrogen-bond acceptors (Lipinski definition) is 16. The minimum absolute atomic E-state index is 0.0150. The zero-order chi connectivity index (χ0) is 85.4. The second kappa shape index (κ2) is 62.5. The predicted octanol–water partition coefficient (Wildman–Crippen LogP) is 29.6. The monoisotopic (exact) mass is 1980 g/mol. The maximum absolute atomic E-state index is 8.48. The van der Waals surface area contributed by atoms with Gasteiger partial charge in [-0.15, -0.1) is 81.2 Å². The average Bonchev–Trinajstić information content (AvgIpc) is 1.55. The van der Waals surface area contributed by atoms with Crippen LogP contribution in [0, 0.1) is 47.3 Å². The Hall–Kier alpha value is 4.80. The smallest absolute Gasteiger partial charge is 0.0819 e. The van der Waals surface area contributed by atoms with Crippen LogP contribution in [-0.2, 0) is 0 Å². The molecule has 0 aromatic rings. The molecule has 0 aromatic carbocycles. The van der Waals surface area contributed by atoms with E-state index < -0.39 is 44.6 Å². The molecule has 0 amide bonds. The highest BCUT2D eigenvalue weighted by atomic mass is 35.5. The lowest BCUT2D eigenvalue weighted by Gasteiger charge is -2.52. The first-order valence-corrected chi connectivity index (χ1v) is 62.7. The molecule has 5 saturated heterocycles. The maximum Gasteiger partial charge on any atom is 0.0819 e. The number of rotatable bonds is 64. The third-order valence-electron chi connectivity index (χ3n) is 29.0. The molecule has 9 fully saturated rings. The number of fused-ring (bicyclic) bond motifs is 20. The van der Waals surface area contributed by atoms with Crippen LogP contribution in [0.5, 0.6) is 0 Å². The third kappa shape index (κ3) is 32.5. The molecule has 0 aromatic heterocycles. The average molecular weight is 1980 g/mol. The van der Waals surface area contributed by atoms with Crippen molar-refractivity contribution in [1.82, 2.24) is 41.6 Å². The van der Waals surface area contributed by atoms with Crippen LogP contribution in [0.4, 0.5) is 0 Å². The molecule has 5 aliphatic heterocycles.